The van der Waals surface area contributed by atoms with Gasteiger partial charge >= 0.3 is 0 Å². The first-order valence-electron chi connectivity index (χ1n) is 10.7. The number of hydrogen-bond donors (Lipinski definition) is 3. The maximum atomic E-state index is 10.3. The van der Waals surface area contributed by atoms with Crippen molar-refractivity contribution in [3.63, 3.8) is 0 Å². The van der Waals surface area contributed by atoms with E-state index in [1.54, 1.807) is 18.2 Å². The van der Waals surface area contributed by atoms with E-state index in [1.165, 1.54) is 0 Å². The van der Waals surface area contributed by atoms with Crippen LogP contribution in [0.2, 0.25) is 0 Å². The zero-order valence-corrected chi connectivity index (χ0v) is 19.1. The molecule has 5 nitrogen and oxygen atoms in total. The summed E-state index contributed by atoms with van der Waals surface area (Å²) in [6.07, 6.45) is 0. The molecule has 0 fully saturated rings. The van der Waals surface area contributed by atoms with E-state index in [2.05, 4.69) is 0 Å². The zero-order valence-electron chi connectivity index (χ0n) is 19.1. The molecule has 33 heavy (non-hydrogen) atoms. The lowest BCUT2D eigenvalue weighted by Crippen LogP contribution is -2.10. The van der Waals surface area contributed by atoms with Crippen LogP contribution in [0.5, 0.6) is 28.7 Å². The highest BCUT2D eigenvalue weighted by molar-refractivity contribution is 5.78. The third kappa shape index (κ3) is 4.44. The number of nitrogens with zero attached hydrogens (tertiary/aromatic N) is 1. The Hall–Kier alpha value is -4.12. The lowest BCUT2D eigenvalue weighted by Gasteiger charge is -2.26. The van der Waals surface area contributed by atoms with E-state index in [4.69, 9.17) is 4.74 Å². The third-order valence-electron chi connectivity index (χ3n) is 5.79. The van der Waals surface area contributed by atoms with Crippen LogP contribution in [0.3, 0.4) is 0 Å². The minimum atomic E-state index is 0.191. The van der Waals surface area contributed by atoms with Crippen molar-refractivity contribution in [1.82, 2.24) is 0 Å². The van der Waals surface area contributed by atoms with Gasteiger partial charge in [0.2, 0.25) is 0 Å². The van der Waals surface area contributed by atoms with E-state index in [0.29, 0.717) is 17.1 Å². The van der Waals surface area contributed by atoms with Gasteiger partial charge in [0.25, 0.3) is 0 Å². The maximum Gasteiger partial charge on any atom is 0.136 e. The molecule has 0 aliphatic rings. The minimum Gasteiger partial charge on any atom is -0.508 e. The van der Waals surface area contributed by atoms with Crippen LogP contribution in [0.4, 0.5) is 17.1 Å². The van der Waals surface area contributed by atoms with Crippen molar-refractivity contribution in [1.29, 1.82) is 0 Å². The van der Waals surface area contributed by atoms with Gasteiger partial charge in [0, 0.05) is 34.8 Å². The third-order valence-corrected chi connectivity index (χ3v) is 5.79. The number of ether oxygens (including phenoxy) is 1. The minimum absolute atomic E-state index is 0.191. The van der Waals surface area contributed by atoms with Crippen molar-refractivity contribution in [3.8, 4) is 28.7 Å². The highest BCUT2D eigenvalue weighted by Gasteiger charge is 2.16. The first kappa shape index (κ1) is 22.1. The van der Waals surface area contributed by atoms with Crippen LogP contribution in [-0.2, 0) is 0 Å². The Bertz CT molecular complexity index is 1260. The van der Waals surface area contributed by atoms with E-state index < -0.39 is 0 Å². The normalized spacial score (nSPS) is 10.8. The fourth-order valence-corrected chi connectivity index (χ4v) is 3.68. The van der Waals surface area contributed by atoms with Crippen LogP contribution < -0.4 is 9.64 Å². The smallest absolute Gasteiger partial charge is 0.136 e. The quantitative estimate of drug-likeness (QED) is 0.303. The number of aromatic hydroxyl groups is 3. The number of phenolic OH excluding ortho intramolecular Hbond substituents is 3. The van der Waals surface area contributed by atoms with E-state index in [0.717, 1.165) is 33.8 Å². The molecule has 0 unspecified atom stereocenters. The molecule has 0 spiro atoms. The van der Waals surface area contributed by atoms with E-state index in [1.807, 2.05) is 87.2 Å². The Balaban J connectivity index is 1.74. The molecule has 0 saturated carbocycles. The molecule has 0 aliphatic carbocycles. The van der Waals surface area contributed by atoms with Crippen LogP contribution in [0.15, 0.2) is 72.8 Å². The van der Waals surface area contributed by atoms with Crippen molar-refractivity contribution < 1.29 is 20.1 Å². The van der Waals surface area contributed by atoms with Crippen molar-refractivity contribution in [3.05, 3.63) is 95.1 Å². The van der Waals surface area contributed by atoms with Crippen LogP contribution in [0.1, 0.15) is 22.3 Å². The first-order valence-corrected chi connectivity index (χ1v) is 10.7. The lowest BCUT2D eigenvalue weighted by atomic mass is 10.1. The summed E-state index contributed by atoms with van der Waals surface area (Å²) in [4.78, 5) is 1.95. The Morgan fingerprint density at radius 3 is 1.55 bits per heavy atom. The molecule has 0 aliphatic heterocycles. The average molecular weight is 442 g/mol. The summed E-state index contributed by atoms with van der Waals surface area (Å²) in [5, 5.41) is 30.6. The molecule has 3 N–H and O–H groups in total. The molecule has 0 amide bonds. The van der Waals surface area contributed by atoms with Gasteiger partial charge in [0.1, 0.15) is 28.7 Å². The van der Waals surface area contributed by atoms with Gasteiger partial charge in [-0.25, -0.2) is 0 Å². The van der Waals surface area contributed by atoms with Gasteiger partial charge in [-0.3, -0.25) is 0 Å². The number of rotatable bonds is 5. The molecule has 4 rings (SSSR count). The molecule has 0 heterocycles. The number of benzene rings is 4. The Morgan fingerprint density at radius 1 is 0.545 bits per heavy atom. The number of phenols is 3. The maximum absolute atomic E-state index is 10.3. The molecule has 4 aromatic rings. The summed E-state index contributed by atoms with van der Waals surface area (Å²) in [7, 11) is 0. The van der Waals surface area contributed by atoms with Gasteiger partial charge in [-0.1, -0.05) is 18.2 Å². The molecule has 0 atom stereocenters. The number of hydrogen-bond acceptors (Lipinski definition) is 5. The molecule has 0 aromatic heterocycles. The highest BCUT2D eigenvalue weighted by Crippen LogP contribution is 2.40. The molecule has 168 valence electrons. The van der Waals surface area contributed by atoms with E-state index in [-0.39, 0.29) is 17.2 Å². The number of aryl methyl sites for hydroxylation is 3. The number of anilines is 3. The zero-order chi connectivity index (χ0) is 23.7. The second kappa shape index (κ2) is 8.79. The summed E-state index contributed by atoms with van der Waals surface area (Å²) in [6.45, 7) is 7.45. The van der Waals surface area contributed by atoms with Gasteiger partial charge < -0.3 is 25.0 Å². The van der Waals surface area contributed by atoms with Crippen molar-refractivity contribution >= 4 is 17.1 Å². The van der Waals surface area contributed by atoms with Gasteiger partial charge in [-0.05, 0) is 86.8 Å². The molecular weight excluding hydrogens is 414 g/mol. The summed E-state index contributed by atoms with van der Waals surface area (Å²) >= 11 is 0. The Morgan fingerprint density at radius 2 is 1.03 bits per heavy atom. The van der Waals surface area contributed by atoms with Crippen molar-refractivity contribution in [2.24, 2.45) is 0 Å². The predicted octanol–water partition coefficient (Wildman–Crippen LogP) is 7.30. The molecule has 0 radical (unpaired) electrons. The van der Waals surface area contributed by atoms with E-state index in [9.17, 15) is 15.3 Å². The van der Waals surface area contributed by atoms with Crippen LogP contribution in [-0.4, -0.2) is 15.3 Å². The lowest BCUT2D eigenvalue weighted by molar-refractivity contribution is 0.446. The second-order valence-corrected chi connectivity index (χ2v) is 8.23. The molecule has 5 heteroatoms. The first-order chi connectivity index (χ1) is 15.7. The van der Waals surface area contributed by atoms with Crippen molar-refractivity contribution in [2.75, 3.05) is 4.90 Å². The predicted molar refractivity (Wildman–Crippen MR) is 132 cm³/mol. The van der Waals surface area contributed by atoms with Gasteiger partial charge in [-0.2, -0.15) is 0 Å². The van der Waals surface area contributed by atoms with Gasteiger partial charge in [-0.15, -0.1) is 0 Å². The summed E-state index contributed by atoms with van der Waals surface area (Å²) in [5.41, 5.74) is 5.53. The average Bonchev–Trinajstić information content (AvgIpc) is 2.80. The SMILES string of the molecule is Cc1ccc(N(c2ccc(Oc3c(C)ccc(O)c3C)cc2)c2ccc(C)c(O)c2)cc1O. The van der Waals surface area contributed by atoms with Crippen LogP contribution in [0.25, 0.3) is 0 Å². The Labute approximate surface area is 193 Å². The fourth-order valence-electron chi connectivity index (χ4n) is 3.68. The highest BCUT2D eigenvalue weighted by atomic mass is 16.5. The molecular formula is C28H27NO4. The molecule has 4 aromatic carbocycles. The summed E-state index contributed by atoms with van der Waals surface area (Å²) in [5.74, 6) is 1.85. The van der Waals surface area contributed by atoms with E-state index >= 15 is 0 Å². The second-order valence-electron chi connectivity index (χ2n) is 8.23. The monoisotopic (exact) mass is 441 g/mol. The Kier molecular flexibility index (Phi) is 5.88. The largest absolute Gasteiger partial charge is 0.508 e. The van der Waals surface area contributed by atoms with Crippen LogP contribution in [0, 0.1) is 27.7 Å². The van der Waals surface area contributed by atoms with Crippen LogP contribution >= 0.6 is 0 Å². The van der Waals surface area contributed by atoms with Gasteiger partial charge in [0.05, 0.1) is 0 Å². The molecule has 0 saturated heterocycles. The fraction of sp³-hybridized carbons (Fsp3) is 0.143. The van der Waals surface area contributed by atoms with Crippen molar-refractivity contribution in [2.45, 2.75) is 27.7 Å². The summed E-state index contributed by atoms with van der Waals surface area (Å²) in [6, 6.07) is 22.0. The van der Waals surface area contributed by atoms with Gasteiger partial charge in [0.15, 0.2) is 0 Å². The summed E-state index contributed by atoms with van der Waals surface area (Å²) < 4.78 is 6.08. The molecule has 0 bridgehead atoms. The standard InChI is InChI=1S/C28H27NO4/c1-17-5-8-22(15-26(17)31)29(23-9-6-18(2)27(32)16-23)21-10-12-24(13-11-21)33-28-19(3)7-14-25(30)20(28)4/h5-16,30-32H,1-4H3. The topological polar surface area (TPSA) is 73.2 Å².